The second kappa shape index (κ2) is 13.6. The molecule has 1 heterocycles. The Labute approximate surface area is 208 Å². The molecular weight excluding hydrogens is 472 g/mol. The number of para-hydroxylation sites is 1. The third kappa shape index (κ3) is 7.02. The highest BCUT2D eigenvalue weighted by Gasteiger charge is 2.14. The molecule has 1 N–H and O–H groups in total. The van der Waals surface area contributed by atoms with Gasteiger partial charge in [-0.25, -0.2) is 0 Å². The van der Waals surface area contributed by atoms with Gasteiger partial charge in [-0.2, -0.15) is 0 Å². The molecule has 3 rings (SSSR count). The molecule has 0 aliphatic carbocycles. The summed E-state index contributed by atoms with van der Waals surface area (Å²) in [5.74, 6) is 0. The van der Waals surface area contributed by atoms with Crippen LogP contribution in [0.5, 0.6) is 0 Å². The normalized spacial score (nSPS) is 10.9. The molecule has 2 aromatic carbocycles. The standard InChI is InChI=1S/C24H31Cl2N3.2ClH/c1-4-28(5-2)14-8-13-27-16-22-18(3)29(24-10-7-6-9-21(22)24)17-19-11-12-20(25)15-23(19)26;;/h6-7,9-12,15,27H,4-5,8,13-14,16-17H2,1-3H3;2*1H. The summed E-state index contributed by atoms with van der Waals surface area (Å²) in [6, 6.07) is 14.4. The molecule has 0 saturated carbocycles. The van der Waals surface area contributed by atoms with Gasteiger partial charge in [0.05, 0.1) is 0 Å². The Kier molecular flexibility index (Phi) is 12.3. The molecule has 3 nitrogen and oxygen atoms in total. The molecule has 31 heavy (non-hydrogen) atoms. The van der Waals surface area contributed by atoms with Gasteiger partial charge in [0.25, 0.3) is 0 Å². The lowest BCUT2D eigenvalue weighted by molar-refractivity contribution is 0.298. The zero-order valence-electron chi connectivity index (χ0n) is 18.5. The highest BCUT2D eigenvalue weighted by Crippen LogP contribution is 2.29. The molecule has 3 aromatic rings. The van der Waals surface area contributed by atoms with Crippen LogP contribution in [-0.4, -0.2) is 35.6 Å². The Morgan fingerprint density at radius 3 is 2.39 bits per heavy atom. The minimum absolute atomic E-state index is 0. The van der Waals surface area contributed by atoms with Gasteiger partial charge in [0.2, 0.25) is 0 Å². The molecule has 7 heteroatoms. The van der Waals surface area contributed by atoms with Crippen molar-refractivity contribution >= 4 is 58.9 Å². The summed E-state index contributed by atoms with van der Waals surface area (Å²) in [5.41, 5.74) is 4.98. The van der Waals surface area contributed by atoms with E-state index in [9.17, 15) is 0 Å². The van der Waals surface area contributed by atoms with E-state index < -0.39 is 0 Å². The molecule has 0 fully saturated rings. The number of benzene rings is 2. The van der Waals surface area contributed by atoms with Crippen molar-refractivity contribution in [3.63, 3.8) is 0 Å². The predicted molar refractivity (Wildman–Crippen MR) is 141 cm³/mol. The van der Waals surface area contributed by atoms with E-state index in [1.807, 2.05) is 18.2 Å². The third-order valence-electron chi connectivity index (χ3n) is 5.73. The molecule has 172 valence electrons. The van der Waals surface area contributed by atoms with Gasteiger partial charge in [-0.15, -0.1) is 24.8 Å². The summed E-state index contributed by atoms with van der Waals surface area (Å²) in [6.07, 6.45) is 1.17. The van der Waals surface area contributed by atoms with Crippen LogP contribution >= 0.6 is 48.0 Å². The quantitative estimate of drug-likeness (QED) is 0.301. The Morgan fingerprint density at radius 1 is 1.00 bits per heavy atom. The number of nitrogens with zero attached hydrogens (tertiary/aromatic N) is 2. The number of hydrogen-bond acceptors (Lipinski definition) is 2. The van der Waals surface area contributed by atoms with Crippen molar-refractivity contribution in [3.8, 4) is 0 Å². The van der Waals surface area contributed by atoms with Crippen LogP contribution in [0.1, 0.15) is 37.1 Å². The topological polar surface area (TPSA) is 20.2 Å². The molecule has 0 aliphatic heterocycles. The smallest absolute Gasteiger partial charge is 0.0493 e. The van der Waals surface area contributed by atoms with Gasteiger partial charge in [0.15, 0.2) is 0 Å². The van der Waals surface area contributed by atoms with Crippen LogP contribution in [0.2, 0.25) is 10.0 Å². The molecule has 0 bridgehead atoms. The summed E-state index contributed by atoms with van der Waals surface area (Å²) < 4.78 is 2.36. The summed E-state index contributed by atoms with van der Waals surface area (Å²) in [5, 5.41) is 6.34. The summed E-state index contributed by atoms with van der Waals surface area (Å²) in [4.78, 5) is 2.47. The van der Waals surface area contributed by atoms with Gasteiger partial charge in [0, 0.05) is 39.7 Å². The number of halogens is 4. The van der Waals surface area contributed by atoms with E-state index in [0.717, 1.165) is 44.8 Å². The highest BCUT2D eigenvalue weighted by molar-refractivity contribution is 6.35. The van der Waals surface area contributed by atoms with Gasteiger partial charge in [-0.1, -0.05) is 61.3 Å². The maximum Gasteiger partial charge on any atom is 0.0493 e. The number of nitrogens with one attached hydrogen (secondary N) is 1. The summed E-state index contributed by atoms with van der Waals surface area (Å²) >= 11 is 12.5. The van der Waals surface area contributed by atoms with Crippen molar-refractivity contribution < 1.29 is 0 Å². The number of hydrogen-bond donors (Lipinski definition) is 1. The fourth-order valence-electron chi connectivity index (χ4n) is 3.93. The molecule has 0 radical (unpaired) electrons. The minimum Gasteiger partial charge on any atom is -0.340 e. The van der Waals surface area contributed by atoms with Crippen molar-refractivity contribution in [1.29, 1.82) is 0 Å². The summed E-state index contributed by atoms with van der Waals surface area (Å²) in [7, 11) is 0. The number of rotatable bonds is 10. The van der Waals surface area contributed by atoms with Gasteiger partial charge in [0.1, 0.15) is 0 Å². The van der Waals surface area contributed by atoms with Crippen LogP contribution in [0.4, 0.5) is 0 Å². The Hall–Kier alpha value is -0.940. The van der Waals surface area contributed by atoms with E-state index in [2.05, 4.69) is 59.8 Å². The largest absolute Gasteiger partial charge is 0.340 e. The average molecular weight is 505 g/mol. The fourth-order valence-corrected chi connectivity index (χ4v) is 4.40. The maximum absolute atomic E-state index is 6.44. The second-order valence-corrected chi connectivity index (χ2v) is 8.30. The first-order valence-corrected chi connectivity index (χ1v) is 11.2. The molecule has 1 aromatic heterocycles. The third-order valence-corrected chi connectivity index (χ3v) is 6.32. The van der Waals surface area contributed by atoms with E-state index >= 15 is 0 Å². The Bertz CT molecular complexity index is 951. The second-order valence-electron chi connectivity index (χ2n) is 7.46. The van der Waals surface area contributed by atoms with Crippen molar-refractivity contribution in [2.24, 2.45) is 0 Å². The van der Waals surface area contributed by atoms with Crippen LogP contribution < -0.4 is 5.32 Å². The Balaban J connectivity index is 0.00000240. The molecule has 0 aliphatic rings. The van der Waals surface area contributed by atoms with E-state index in [4.69, 9.17) is 23.2 Å². The lowest BCUT2D eigenvalue weighted by Gasteiger charge is -2.17. The molecule has 0 atom stereocenters. The van der Waals surface area contributed by atoms with E-state index in [-0.39, 0.29) is 24.8 Å². The average Bonchev–Trinajstić information content (AvgIpc) is 2.98. The van der Waals surface area contributed by atoms with Crippen LogP contribution in [0.15, 0.2) is 42.5 Å². The first-order valence-electron chi connectivity index (χ1n) is 10.5. The zero-order valence-corrected chi connectivity index (χ0v) is 21.6. The van der Waals surface area contributed by atoms with Crippen molar-refractivity contribution in [2.75, 3.05) is 26.2 Å². The molecule has 0 saturated heterocycles. The predicted octanol–water partition coefficient (Wildman–Crippen LogP) is 6.97. The van der Waals surface area contributed by atoms with Crippen LogP contribution in [-0.2, 0) is 13.1 Å². The van der Waals surface area contributed by atoms with Crippen molar-refractivity contribution in [3.05, 3.63) is 69.3 Å². The van der Waals surface area contributed by atoms with Gasteiger partial charge < -0.3 is 14.8 Å². The van der Waals surface area contributed by atoms with Crippen LogP contribution in [0, 0.1) is 6.92 Å². The minimum atomic E-state index is 0. The van der Waals surface area contributed by atoms with E-state index in [1.54, 1.807) is 0 Å². The summed E-state index contributed by atoms with van der Waals surface area (Å²) in [6.45, 7) is 12.7. The van der Waals surface area contributed by atoms with Gasteiger partial charge in [-0.3, -0.25) is 0 Å². The zero-order chi connectivity index (χ0) is 20.8. The van der Waals surface area contributed by atoms with Crippen molar-refractivity contribution in [2.45, 2.75) is 40.3 Å². The van der Waals surface area contributed by atoms with Crippen LogP contribution in [0.3, 0.4) is 0 Å². The first kappa shape index (κ1) is 28.1. The first-order chi connectivity index (χ1) is 14.0. The SMILES string of the molecule is CCN(CC)CCCNCc1c(C)n(Cc2ccc(Cl)cc2Cl)c2ccccc12.Cl.Cl. The number of fused-ring (bicyclic) bond motifs is 1. The maximum atomic E-state index is 6.44. The molecule has 0 spiro atoms. The lowest BCUT2D eigenvalue weighted by atomic mass is 10.1. The molecule has 0 amide bonds. The highest BCUT2D eigenvalue weighted by atomic mass is 35.5. The van der Waals surface area contributed by atoms with Crippen LogP contribution in [0.25, 0.3) is 10.9 Å². The monoisotopic (exact) mass is 503 g/mol. The van der Waals surface area contributed by atoms with E-state index in [0.29, 0.717) is 10.0 Å². The molecule has 0 unspecified atom stereocenters. The van der Waals surface area contributed by atoms with Crippen molar-refractivity contribution in [1.82, 2.24) is 14.8 Å². The lowest BCUT2D eigenvalue weighted by Crippen LogP contribution is -2.27. The van der Waals surface area contributed by atoms with E-state index in [1.165, 1.54) is 28.6 Å². The fraction of sp³-hybridized carbons (Fsp3) is 0.417. The Morgan fingerprint density at radius 2 is 1.71 bits per heavy atom. The van der Waals surface area contributed by atoms with Gasteiger partial charge >= 0.3 is 0 Å². The molecular formula is C24H33Cl4N3. The number of aromatic nitrogens is 1. The van der Waals surface area contributed by atoms with Gasteiger partial charge in [-0.05, 0) is 68.8 Å².